The van der Waals surface area contributed by atoms with E-state index >= 15 is 0 Å². The van der Waals surface area contributed by atoms with Crippen LogP contribution in [0.1, 0.15) is 5.56 Å². The van der Waals surface area contributed by atoms with Crippen LogP contribution in [0.2, 0.25) is 0 Å². The van der Waals surface area contributed by atoms with Gasteiger partial charge >= 0.3 is 186 Å². The van der Waals surface area contributed by atoms with Crippen molar-refractivity contribution in [3.05, 3.63) is 121 Å². The molecule has 0 aliphatic carbocycles. The first-order chi connectivity index (χ1) is 14.5. The van der Waals surface area contributed by atoms with Crippen LogP contribution in [-0.4, -0.2) is 17.2 Å². The van der Waals surface area contributed by atoms with Gasteiger partial charge in [-0.2, -0.15) is 0 Å². The van der Waals surface area contributed by atoms with Crippen LogP contribution in [-0.2, 0) is 6.16 Å². The van der Waals surface area contributed by atoms with Crippen molar-refractivity contribution in [3.63, 3.8) is 0 Å². The summed E-state index contributed by atoms with van der Waals surface area (Å²) in [6, 6.07) is 39.5. The van der Waals surface area contributed by atoms with Crippen LogP contribution in [0.15, 0.2) is 115 Å². The Kier molecular flexibility index (Phi) is 5.95. The van der Waals surface area contributed by atoms with Gasteiger partial charge in [-0.1, -0.05) is 0 Å². The fourth-order valence-electron chi connectivity index (χ4n) is 4.08. The summed E-state index contributed by atoms with van der Waals surface area (Å²) in [6.07, 6.45) is 0.769. The third-order valence-electron chi connectivity index (χ3n) is 5.64. The van der Waals surface area contributed by atoms with E-state index in [1.54, 1.807) is 12.1 Å². The molecule has 0 fully saturated rings. The van der Waals surface area contributed by atoms with E-state index in [1.165, 1.54) is 15.9 Å². The first-order valence-electron chi connectivity index (χ1n) is 9.87. The van der Waals surface area contributed by atoms with Gasteiger partial charge in [-0.3, -0.25) is 0 Å². The first-order valence-corrected chi connectivity index (χ1v) is 14.3. The van der Waals surface area contributed by atoms with Gasteiger partial charge in [0.25, 0.3) is 0 Å². The molecule has 4 aromatic carbocycles. The summed E-state index contributed by atoms with van der Waals surface area (Å²) in [5.74, 6) is 0. The molecule has 0 bridgehead atoms. The quantitative estimate of drug-likeness (QED) is 0.329. The monoisotopic (exact) mass is 476 g/mol. The van der Waals surface area contributed by atoms with Crippen LogP contribution >= 0.6 is 20.8 Å². The average molecular weight is 477 g/mol. The maximum absolute atomic E-state index is 9.49. The van der Waals surface area contributed by atoms with E-state index in [9.17, 15) is 10.0 Å². The van der Waals surface area contributed by atoms with E-state index in [2.05, 4.69) is 88.3 Å². The minimum atomic E-state index is -3.04. The maximum atomic E-state index is 9.49. The van der Waals surface area contributed by atoms with Crippen LogP contribution in [0, 0.1) is 0 Å². The molecular formula is C25H23BBrO2P. The summed E-state index contributed by atoms with van der Waals surface area (Å²) in [4.78, 5) is 0. The van der Waals surface area contributed by atoms with Gasteiger partial charge in [0.1, 0.15) is 0 Å². The molecule has 0 aliphatic heterocycles. The Balaban J connectivity index is 2.01. The van der Waals surface area contributed by atoms with Crippen LogP contribution in [0.4, 0.5) is 0 Å². The van der Waals surface area contributed by atoms with Gasteiger partial charge < -0.3 is 0 Å². The van der Waals surface area contributed by atoms with Crippen LogP contribution in [0.25, 0.3) is 0 Å². The second kappa shape index (κ2) is 8.49. The molecule has 2 nitrogen and oxygen atoms in total. The van der Waals surface area contributed by atoms with Crippen LogP contribution in [0.3, 0.4) is 0 Å². The molecule has 0 heterocycles. The molecule has 0 radical (unpaired) electrons. The fourth-order valence-corrected chi connectivity index (χ4v) is 11.8. The van der Waals surface area contributed by atoms with Crippen LogP contribution < -0.4 is 21.4 Å². The second-order valence-electron chi connectivity index (χ2n) is 7.46. The summed E-state index contributed by atoms with van der Waals surface area (Å²) in [5, 5.41) is 19.7. The molecule has 30 heavy (non-hydrogen) atoms. The molecule has 0 aromatic heterocycles. The predicted octanol–water partition coefficient (Wildman–Crippen LogP) is 3.71. The van der Waals surface area contributed by atoms with Crippen molar-refractivity contribution in [2.45, 2.75) is 6.16 Å². The zero-order valence-electron chi connectivity index (χ0n) is 16.5. The number of hydrogen-bond donors (Lipinski definition) is 2. The standard InChI is InChI=1S/C25H23BBrO2P/c27-30(23-10-4-1-5-11-23,24-12-6-2-7-13-24,25-14-8-3-9-15-25)20-21-16-18-22(19-17-21)26(28)29/h1-19,28-29H,20H2. The van der Waals surface area contributed by atoms with Gasteiger partial charge in [0.05, 0.1) is 0 Å². The molecule has 0 unspecified atom stereocenters. The Morgan fingerprint density at radius 3 is 1.27 bits per heavy atom. The van der Waals surface area contributed by atoms with E-state index in [0.29, 0.717) is 5.46 Å². The number of halogens is 1. The minimum absolute atomic E-state index is 0.493. The zero-order valence-corrected chi connectivity index (χ0v) is 19.0. The van der Waals surface area contributed by atoms with Crippen molar-refractivity contribution < 1.29 is 10.0 Å². The summed E-state index contributed by atoms with van der Waals surface area (Å²) in [7, 11) is -1.46. The predicted molar refractivity (Wildman–Crippen MR) is 134 cm³/mol. The van der Waals surface area contributed by atoms with E-state index in [4.69, 9.17) is 0 Å². The van der Waals surface area contributed by atoms with E-state index < -0.39 is 12.4 Å². The first kappa shape index (κ1) is 21.0. The van der Waals surface area contributed by atoms with Gasteiger partial charge in [-0.25, -0.2) is 0 Å². The molecule has 4 rings (SSSR count). The van der Waals surface area contributed by atoms with Crippen molar-refractivity contribution in [1.29, 1.82) is 0 Å². The molecule has 0 atom stereocenters. The van der Waals surface area contributed by atoms with Gasteiger partial charge in [-0.15, -0.1) is 0 Å². The fraction of sp³-hybridized carbons (Fsp3) is 0.0400. The molecule has 4 aromatic rings. The van der Waals surface area contributed by atoms with Crippen LogP contribution in [0.5, 0.6) is 0 Å². The molecule has 5 heteroatoms. The molecule has 2 N–H and O–H groups in total. The van der Waals surface area contributed by atoms with E-state index in [-0.39, 0.29) is 0 Å². The summed E-state index contributed by atoms with van der Waals surface area (Å²) >= 11 is 4.43. The van der Waals surface area contributed by atoms with E-state index in [0.717, 1.165) is 11.7 Å². The molecular weight excluding hydrogens is 454 g/mol. The second-order valence-corrected chi connectivity index (χ2v) is 16.4. The zero-order chi connectivity index (χ0) is 21.1. The SMILES string of the molecule is OB(O)c1ccc(CP(Br)(c2ccccc2)(c2ccccc2)c2ccccc2)cc1. The van der Waals surface area contributed by atoms with Crippen molar-refractivity contribution in [2.24, 2.45) is 0 Å². The Labute approximate surface area is 186 Å². The van der Waals surface area contributed by atoms with Gasteiger partial charge in [-0.05, 0) is 0 Å². The summed E-state index contributed by atoms with van der Waals surface area (Å²) in [6.45, 7) is 0. The number of hydrogen-bond acceptors (Lipinski definition) is 2. The third-order valence-corrected chi connectivity index (χ3v) is 15.2. The Hall–Kier alpha value is -2.23. The third kappa shape index (κ3) is 3.66. The van der Waals surface area contributed by atoms with Gasteiger partial charge in [0, 0.05) is 0 Å². The van der Waals surface area contributed by atoms with E-state index in [1.807, 2.05) is 30.3 Å². The normalized spacial score (nSPS) is 12.7. The average Bonchev–Trinajstić information content (AvgIpc) is 2.81. The molecule has 0 saturated carbocycles. The van der Waals surface area contributed by atoms with Gasteiger partial charge in [0.15, 0.2) is 0 Å². The van der Waals surface area contributed by atoms with Crippen molar-refractivity contribution in [1.82, 2.24) is 0 Å². The number of rotatable bonds is 6. The van der Waals surface area contributed by atoms with Crippen molar-refractivity contribution in [3.8, 4) is 0 Å². The Morgan fingerprint density at radius 2 is 0.933 bits per heavy atom. The molecule has 0 aliphatic rings. The summed E-state index contributed by atoms with van der Waals surface area (Å²) in [5.41, 5.74) is 1.62. The number of benzene rings is 4. The van der Waals surface area contributed by atoms with Crippen molar-refractivity contribution >= 4 is 49.3 Å². The summed E-state index contributed by atoms with van der Waals surface area (Å²) < 4.78 is 0. The van der Waals surface area contributed by atoms with Gasteiger partial charge in [0.2, 0.25) is 0 Å². The molecule has 0 spiro atoms. The molecule has 0 amide bonds. The topological polar surface area (TPSA) is 40.5 Å². The Morgan fingerprint density at radius 1 is 0.567 bits per heavy atom. The molecule has 0 saturated heterocycles. The van der Waals surface area contributed by atoms with Crippen molar-refractivity contribution in [2.75, 3.05) is 0 Å². The molecule has 150 valence electrons. The Bertz CT molecular complexity index is 1000.